The Hall–Kier alpha value is -2.50. The van der Waals surface area contributed by atoms with Gasteiger partial charge >= 0.3 is 0 Å². The van der Waals surface area contributed by atoms with Crippen LogP contribution >= 0.6 is 0 Å². The summed E-state index contributed by atoms with van der Waals surface area (Å²) in [6.45, 7) is 4.07. The summed E-state index contributed by atoms with van der Waals surface area (Å²) >= 11 is 0. The topological polar surface area (TPSA) is 68.1 Å². The van der Waals surface area contributed by atoms with Crippen LogP contribution < -0.4 is 4.90 Å². The van der Waals surface area contributed by atoms with Gasteiger partial charge in [-0.2, -0.15) is 0 Å². The predicted molar refractivity (Wildman–Crippen MR) is 72.4 cm³/mol. The van der Waals surface area contributed by atoms with E-state index in [9.17, 15) is 9.59 Å². The van der Waals surface area contributed by atoms with Gasteiger partial charge in [0.1, 0.15) is 6.33 Å². The molecule has 1 aliphatic heterocycles. The van der Waals surface area contributed by atoms with Crippen LogP contribution in [0.25, 0.3) is 0 Å². The van der Waals surface area contributed by atoms with E-state index >= 15 is 0 Å². The second-order valence-corrected chi connectivity index (χ2v) is 5.06. The number of amides is 1. The maximum atomic E-state index is 12.2. The fraction of sp³-hybridized carbons (Fsp3) is 0.286. The number of carbonyl (C=O) groups excluding carboxylic acids is 2. The van der Waals surface area contributed by atoms with Gasteiger partial charge in [-0.1, -0.05) is 6.07 Å². The summed E-state index contributed by atoms with van der Waals surface area (Å²) in [5.74, 6) is -0.315. The van der Waals surface area contributed by atoms with Gasteiger partial charge in [0, 0.05) is 7.05 Å². The average Bonchev–Trinajstić information content (AvgIpc) is 2.88. The molecule has 2 heterocycles. The number of aromatic nitrogens is 3. The molecule has 0 atom stereocenters. The second kappa shape index (κ2) is 4.26. The Balaban J connectivity index is 2.09. The summed E-state index contributed by atoms with van der Waals surface area (Å²) in [4.78, 5) is 25.8. The number of hydrogen-bond donors (Lipinski definition) is 0. The summed E-state index contributed by atoms with van der Waals surface area (Å²) in [6, 6.07) is 3.73. The molecule has 0 unspecified atom stereocenters. The Labute approximate surface area is 116 Å². The van der Waals surface area contributed by atoms with Crippen molar-refractivity contribution in [3.8, 4) is 0 Å². The van der Waals surface area contributed by atoms with Crippen molar-refractivity contribution in [3.05, 3.63) is 41.0 Å². The standard InChI is InChI=1S/C14H14N4O2/c1-8-4-9(2)12-10(5-8)13(19)14(20)18(12)6-11-16-15-7-17(11)3/h4-5,7H,6H2,1-3H3. The van der Waals surface area contributed by atoms with E-state index in [1.807, 2.05) is 19.9 Å². The van der Waals surface area contributed by atoms with Crippen molar-refractivity contribution in [3.63, 3.8) is 0 Å². The number of carbonyl (C=O) groups is 2. The van der Waals surface area contributed by atoms with E-state index in [1.54, 1.807) is 24.0 Å². The van der Waals surface area contributed by atoms with E-state index in [-0.39, 0.29) is 6.54 Å². The molecule has 2 aromatic rings. The molecule has 0 bridgehead atoms. The quantitative estimate of drug-likeness (QED) is 0.768. The first-order valence-electron chi connectivity index (χ1n) is 6.29. The molecule has 1 amide bonds. The SMILES string of the molecule is Cc1cc(C)c2c(c1)C(=O)C(=O)N2Cc1nncn1C. The smallest absolute Gasteiger partial charge is 0.299 e. The van der Waals surface area contributed by atoms with Gasteiger partial charge in [0.25, 0.3) is 11.7 Å². The fourth-order valence-corrected chi connectivity index (χ4v) is 2.57. The lowest BCUT2D eigenvalue weighted by atomic mass is 10.0. The molecule has 6 nitrogen and oxygen atoms in total. The monoisotopic (exact) mass is 270 g/mol. The van der Waals surface area contributed by atoms with Crippen LogP contribution in [0.15, 0.2) is 18.5 Å². The van der Waals surface area contributed by atoms with E-state index in [4.69, 9.17) is 0 Å². The van der Waals surface area contributed by atoms with Gasteiger partial charge in [-0.25, -0.2) is 0 Å². The molecule has 0 N–H and O–H groups in total. The van der Waals surface area contributed by atoms with Crippen LogP contribution in [-0.4, -0.2) is 26.5 Å². The van der Waals surface area contributed by atoms with Gasteiger partial charge in [0.05, 0.1) is 17.8 Å². The number of aryl methyl sites for hydroxylation is 3. The third-order valence-electron chi connectivity index (χ3n) is 3.50. The highest BCUT2D eigenvalue weighted by Crippen LogP contribution is 2.34. The minimum Gasteiger partial charge on any atom is -0.319 e. The van der Waals surface area contributed by atoms with Gasteiger partial charge in [-0.05, 0) is 31.0 Å². The van der Waals surface area contributed by atoms with Crippen molar-refractivity contribution < 1.29 is 9.59 Å². The van der Waals surface area contributed by atoms with Crippen molar-refractivity contribution in [1.29, 1.82) is 0 Å². The molecule has 1 aliphatic rings. The Morgan fingerprint density at radius 2 is 1.95 bits per heavy atom. The van der Waals surface area contributed by atoms with Crippen LogP contribution in [0.4, 0.5) is 5.69 Å². The summed E-state index contributed by atoms with van der Waals surface area (Å²) in [5, 5.41) is 7.76. The summed E-state index contributed by atoms with van der Waals surface area (Å²) in [7, 11) is 1.81. The zero-order chi connectivity index (χ0) is 14.4. The van der Waals surface area contributed by atoms with Crippen LogP contribution in [0.1, 0.15) is 27.3 Å². The van der Waals surface area contributed by atoms with Crippen LogP contribution in [0.5, 0.6) is 0 Å². The Morgan fingerprint density at radius 1 is 1.20 bits per heavy atom. The highest BCUT2D eigenvalue weighted by Gasteiger charge is 2.37. The molecule has 6 heteroatoms. The van der Waals surface area contributed by atoms with Gasteiger partial charge in [0.2, 0.25) is 0 Å². The van der Waals surface area contributed by atoms with Gasteiger partial charge in [0.15, 0.2) is 5.82 Å². The van der Waals surface area contributed by atoms with E-state index in [1.165, 1.54) is 4.90 Å². The van der Waals surface area contributed by atoms with Crippen LogP contribution in [0, 0.1) is 13.8 Å². The average molecular weight is 270 g/mol. The van der Waals surface area contributed by atoms with Gasteiger partial charge < -0.3 is 4.57 Å². The highest BCUT2D eigenvalue weighted by molar-refractivity contribution is 6.52. The zero-order valence-corrected chi connectivity index (χ0v) is 11.5. The Bertz CT molecular complexity index is 733. The number of fused-ring (bicyclic) bond motifs is 1. The second-order valence-electron chi connectivity index (χ2n) is 5.06. The van der Waals surface area contributed by atoms with Crippen LogP contribution in [-0.2, 0) is 18.4 Å². The van der Waals surface area contributed by atoms with E-state index in [2.05, 4.69) is 10.2 Å². The lowest BCUT2D eigenvalue weighted by Gasteiger charge is -2.18. The maximum absolute atomic E-state index is 12.2. The number of anilines is 1. The first-order chi connectivity index (χ1) is 9.49. The highest BCUT2D eigenvalue weighted by atomic mass is 16.2. The summed E-state index contributed by atoms with van der Waals surface area (Å²) in [5.41, 5.74) is 3.06. The lowest BCUT2D eigenvalue weighted by Crippen LogP contribution is -2.30. The van der Waals surface area contributed by atoms with Crippen molar-refractivity contribution in [2.75, 3.05) is 4.90 Å². The van der Waals surface area contributed by atoms with Gasteiger partial charge in [-0.3, -0.25) is 14.5 Å². The molecular weight excluding hydrogens is 256 g/mol. The number of nitrogens with zero attached hydrogens (tertiary/aromatic N) is 4. The maximum Gasteiger partial charge on any atom is 0.299 e. The number of rotatable bonds is 2. The normalized spacial score (nSPS) is 14.1. The molecule has 1 aromatic carbocycles. The fourth-order valence-electron chi connectivity index (χ4n) is 2.57. The molecule has 0 saturated heterocycles. The molecule has 3 rings (SSSR count). The molecule has 0 radical (unpaired) electrons. The minimum atomic E-state index is -0.503. The van der Waals surface area contributed by atoms with Crippen molar-refractivity contribution in [2.24, 2.45) is 7.05 Å². The zero-order valence-electron chi connectivity index (χ0n) is 11.5. The minimum absolute atomic E-state index is 0.248. The Kier molecular flexibility index (Phi) is 2.67. The number of Topliss-reactive ketones (excluding diaryl/α,β-unsaturated/α-hetero) is 1. The summed E-state index contributed by atoms with van der Waals surface area (Å²) in [6.07, 6.45) is 1.57. The first-order valence-corrected chi connectivity index (χ1v) is 6.29. The molecule has 1 aromatic heterocycles. The molecule has 0 spiro atoms. The van der Waals surface area contributed by atoms with Crippen molar-refractivity contribution in [1.82, 2.24) is 14.8 Å². The van der Waals surface area contributed by atoms with Crippen LogP contribution in [0.3, 0.4) is 0 Å². The number of ketones is 1. The third kappa shape index (κ3) is 1.72. The molecule has 0 saturated carbocycles. The van der Waals surface area contributed by atoms with Crippen molar-refractivity contribution >= 4 is 17.4 Å². The molecule has 0 aliphatic carbocycles. The van der Waals surface area contributed by atoms with Crippen LogP contribution in [0.2, 0.25) is 0 Å². The van der Waals surface area contributed by atoms with E-state index in [0.29, 0.717) is 17.1 Å². The molecule has 0 fully saturated rings. The largest absolute Gasteiger partial charge is 0.319 e. The molecule has 102 valence electrons. The van der Waals surface area contributed by atoms with E-state index in [0.717, 1.165) is 11.1 Å². The first kappa shape index (κ1) is 12.5. The van der Waals surface area contributed by atoms with Crippen molar-refractivity contribution in [2.45, 2.75) is 20.4 Å². The molecule has 20 heavy (non-hydrogen) atoms. The number of hydrogen-bond acceptors (Lipinski definition) is 4. The third-order valence-corrected chi connectivity index (χ3v) is 3.50. The van der Waals surface area contributed by atoms with E-state index < -0.39 is 11.7 Å². The predicted octanol–water partition coefficient (Wildman–Crippen LogP) is 1.16. The lowest BCUT2D eigenvalue weighted by molar-refractivity contribution is -0.114. The van der Waals surface area contributed by atoms with Gasteiger partial charge in [-0.15, -0.1) is 10.2 Å². The Morgan fingerprint density at radius 3 is 2.60 bits per heavy atom. The summed E-state index contributed by atoms with van der Waals surface area (Å²) < 4.78 is 1.74. The molecular formula is C14H14N4O2. The number of benzene rings is 1.